The van der Waals surface area contributed by atoms with Gasteiger partial charge in [0, 0.05) is 12.1 Å². The molecule has 6 heteroatoms. The average molecular weight is 264 g/mol. The Morgan fingerprint density at radius 3 is 2.53 bits per heavy atom. The van der Waals surface area contributed by atoms with E-state index in [0.29, 0.717) is 6.07 Å². The van der Waals surface area contributed by atoms with Gasteiger partial charge in [0.2, 0.25) is 0 Å². The number of aromatic nitrogens is 2. The smallest absolute Gasteiger partial charge is 0.153 e. The molecule has 19 heavy (non-hydrogen) atoms. The van der Waals surface area contributed by atoms with Crippen molar-refractivity contribution in [1.29, 1.82) is 0 Å². The minimum absolute atomic E-state index is 0.0637. The van der Waals surface area contributed by atoms with Crippen molar-refractivity contribution >= 4 is 11.0 Å². The lowest BCUT2D eigenvalue weighted by Crippen LogP contribution is -1.85. The van der Waals surface area contributed by atoms with Crippen molar-refractivity contribution in [2.75, 3.05) is 0 Å². The Morgan fingerprint density at radius 1 is 1.00 bits per heavy atom. The number of nitrogens with zero attached hydrogens (tertiary/aromatic N) is 1. The quantitative estimate of drug-likeness (QED) is 0.708. The lowest BCUT2D eigenvalue weighted by molar-refractivity contribution is 0.469. The third-order valence-electron chi connectivity index (χ3n) is 2.71. The molecule has 2 aromatic carbocycles. The highest BCUT2D eigenvalue weighted by atomic mass is 19.1. The summed E-state index contributed by atoms with van der Waals surface area (Å²) in [6.07, 6.45) is 0. The van der Waals surface area contributed by atoms with Crippen molar-refractivity contribution in [3.8, 4) is 17.1 Å². The van der Waals surface area contributed by atoms with Gasteiger partial charge in [-0.15, -0.1) is 0 Å². The monoisotopic (exact) mass is 264 g/mol. The largest absolute Gasteiger partial charge is 0.508 e. The predicted molar refractivity (Wildman–Crippen MR) is 63.1 cm³/mol. The van der Waals surface area contributed by atoms with Gasteiger partial charge >= 0.3 is 0 Å². The van der Waals surface area contributed by atoms with E-state index in [1.54, 1.807) is 0 Å². The molecule has 0 saturated heterocycles. The fourth-order valence-corrected chi connectivity index (χ4v) is 1.87. The summed E-state index contributed by atoms with van der Waals surface area (Å²) in [5.41, 5.74) is 0.137. The van der Waals surface area contributed by atoms with E-state index in [9.17, 15) is 13.2 Å². The van der Waals surface area contributed by atoms with Crippen LogP contribution >= 0.6 is 0 Å². The average Bonchev–Trinajstić information content (AvgIpc) is 2.72. The minimum atomic E-state index is -0.823. The first kappa shape index (κ1) is 11.6. The van der Waals surface area contributed by atoms with Crippen LogP contribution in [-0.2, 0) is 0 Å². The van der Waals surface area contributed by atoms with Crippen molar-refractivity contribution in [1.82, 2.24) is 9.97 Å². The van der Waals surface area contributed by atoms with E-state index in [4.69, 9.17) is 5.11 Å². The third-order valence-corrected chi connectivity index (χ3v) is 2.71. The summed E-state index contributed by atoms with van der Waals surface area (Å²) in [6.45, 7) is 0. The minimum Gasteiger partial charge on any atom is -0.508 e. The molecule has 0 unspecified atom stereocenters. The molecule has 0 bridgehead atoms. The second kappa shape index (κ2) is 4.01. The van der Waals surface area contributed by atoms with Crippen LogP contribution < -0.4 is 0 Å². The van der Waals surface area contributed by atoms with Crippen LogP contribution in [0, 0.1) is 17.5 Å². The zero-order valence-electron chi connectivity index (χ0n) is 9.42. The second-order valence-corrected chi connectivity index (χ2v) is 4.03. The van der Waals surface area contributed by atoms with Crippen LogP contribution in [0.3, 0.4) is 0 Å². The number of fused-ring (bicyclic) bond motifs is 1. The highest BCUT2D eigenvalue weighted by Crippen LogP contribution is 2.27. The van der Waals surface area contributed by atoms with Crippen molar-refractivity contribution < 1.29 is 18.3 Å². The molecule has 0 aliphatic heterocycles. The first-order valence-corrected chi connectivity index (χ1v) is 5.38. The third kappa shape index (κ3) is 1.91. The Bertz CT molecular complexity index is 783. The molecule has 3 nitrogen and oxygen atoms in total. The molecule has 0 atom stereocenters. The lowest BCUT2D eigenvalue weighted by atomic mass is 10.2. The normalized spacial score (nSPS) is 11.1. The van der Waals surface area contributed by atoms with Crippen molar-refractivity contribution in [2.24, 2.45) is 0 Å². The topological polar surface area (TPSA) is 48.9 Å². The Hall–Kier alpha value is -2.50. The van der Waals surface area contributed by atoms with Crippen LogP contribution in [-0.4, -0.2) is 15.1 Å². The van der Waals surface area contributed by atoms with Crippen LogP contribution in [0.5, 0.6) is 5.75 Å². The number of halogens is 3. The number of phenolic OH excluding ortho intramolecular Hbond substituents is 1. The molecule has 2 N–H and O–H groups in total. The van der Waals surface area contributed by atoms with Gasteiger partial charge in [-0.1, -0.05) is 0 Å². The molecule has 0 saturated carbocycles. The van der Waals surface area contributed by atoms with Crippen molar-refractivity contribution in [3.05, 3.63) is 47.8 Å². The number of hydrogen-bond acceptors (Lipinski definition) is 2. The Kier molecular flexibility index (Phi) is 2.45. The number of phenols is 1. The van der Waals surface area contributed by atoms with E-state index >= 15 is 0 Å². The van der Waals surface area contributed by atoms with Gasteiger partial charge in [-0.2, -0.15) is 0 Å². The molecule has 96 valence electrons. The number of aromatic amines is 1. The summed E-state index contributed by atoms with van der Waals surface area (Å²) in [5.74, 6) is -2.44. The van der Waals surface area contributed by atoms with Crippen molar-refractivity contribution in [3.63, 3.8) is 0 Å². The molecule has 0 fully saturated rings. The maximum absolute atomic E-state index is 13.7. The van der Waals surface area contributed by atoms with Gasteiger partial charge in [0.1, 0.15) is 28.7 Å². The second-order valence-electron chi connectivity index (χ2n) is 4.03. The molecule has 3 rings (SSSR count). The van der Waals surface area contributed by atoms with Gasteiger partial charge in [-0.3, -0.25) is 0 Å². The first-order chi connectivity index (χ1) is 9.04. The van der Waals surface area contributed by atoms with E-state index in [1.165, 1.54) is 12.1 Å². The maximum atomic E-state index is 13.7. The molecule has 1 heterocycles. The Morgan fingerprint density at radius 2 is 1.79 bits per heavy atom. The van der Waals surface area contributed by atoms with E-state index in [1.807, 2.05) is 0 Å². The SMILES string of the molecule is Oc1ccc(-c2nc3c(F)cc(F)cc3[nH]2)c(F)c1. The fraction of sp³-hybridized carbons (Fsp3) is 0. The summed E-state index contributed by atoms with van der Waals surface area (Å²) in [7, 11) is 0. The van der Waals surface area contributed by atoms with Gasteiger partial charge in [-0.25, -0.2) is 18.2 Å². The number of imidazole rings is 1. The molecule has 0 spiro atoms. The summed E-state index contributed by atoms with van der Waals surface area (Å²) in [6, 6.07) is 5.28. The van der Waals surface area contributed by atoms with E-state index in [-0.39, 0.29) is 28.2 Å². The molecular formula is C13H7F3N2O. The molecule has 3 aromatic rings. The van der Waals surface area contributed by atoms with Gasteiger partial charge in [-0.05, 0) is 18.2 Å². The Balaban J connectivity index is 2.23. The molecule has 0 radical (unpaired) electrons. The highest BCUT2D eigenvalue weighted by Gasteiger charge is 2.14. The molecular weight excluding hydrogens is 257 g/mol. The van der Waals surface area contributed by atoms with Crippen LogP contribution in [0.2, 0.25) is 0 Å². The standard InChI is InChI=1S/C13H7F3N2O/c14-6-3-10(16)12-11(4-6)17-13(18-12)8-2-1-7(19)5-9(8)15/h1-5,19H,(H,17,18). The zero-order chi connectivity index (χ0) is 13.6. The molecule has 1 aromatic heterocycles. The van der Waals surface area contributed by atoms with Crippen molar-refractivity contribution in [2.45, 2.75) is 0 Å². The predicted octanol–water partition coefficient (Wildman–Crippen LogP) is 3.35. The van der Waals surface area contributed by atoms with E-state index in [0.717, 1.165) is 12.1 Å². The molecule has 0 amide bonds. The fourth-order valence-electron chi connectivity index (χ4n) is 1.87. The number of rotatable bonds is 1. The van der Waals surface area contributed by atoms with Crippen LogP contribution in [0.25, 0.3) is 22.4 Å². The van der Waals surface area contributed by atoms with E-state index in [2.05, 4.69) is 9.97 Å². The van der Waals surface area contributed by atoms with E-state index < -0.39 is 17.5 Å². The first-order valence-electron chi connectivity index (χ1n) is 5.38. The number of aromatic hydroxyl groups is 1. The van der Waals surface area contributed by atoms with Crippen LogP contribution in [0.4, 0.5) is 13.2 Å². The summed E-state index contributed by atoms with van der Waals surface area (Å²) < 4.78 is 40.2. The van der Waals surface area contributed by atoms with Gasteiger partial charge in [0.15, 0.2) is 5.82 Å². The summed E-state index contributed by atoms with van der Waals surface area (Å²) in [4.78, 5) is 6.54. The number of hydrogen-bond donors (Lipinski definition) is 2. The highest BCUT2D eigenvalue weighted by molar-refractivity contribution is 5.80. The van der Waals surface area contributed by atoms with Gasteiger partial charge in [0.05, 0.1) is 11.1 Å². The van der Waals surface area contributed by atoms with Crippen LogP contribution in [0.15, 0.2) is 30.3 Å². The molecule has 0 aliphatic rings. The van der Waals surface area contributed by atoms with Gasteiger partial charge < -0.3 is 10.1 Å². The number of nitrogens with one attached hydrogen (secondary N) is 1. The zero-order valence-corrected chi connectivity index (χ0v) is 9.42. The lowest BCUT2D eigenvalue weighted by Gasteiger charge is -1.99. The summed E-state index contributed by atoms with van der Waals surface area (Å²) in [5, 5.41) is 9.12. The number of H-pyrrole nitrogens is 1. The van der Waals surface area contributed by atoms with Crippen LogP contribution in [0.1, 0.15) is 0 Å². The molecule has 0 aliphatic carbocycles. The summed E-state index contributed by atoms with van der Waals surface area (Å²) >= 11 is 0. The maximum Gasteiger partial charge on any atom is 0.153 e. The van der Waals surface area contributed by atoms with Gasteiger partial charge in [0.25, 0.3) is 0 Å². The number of benzene rings is 2. The Labute approximate surface area is 105 Å².